The molecule has 0 heterocycles. The summed E-state index contributed by atoms with van der Waals surface area (Å²) in [6.45, 7) is 5.73. The minimum Gasteiger partial charge on any atom is -0.489 e. The van der Waals surface area contributed by atoms with E-state index in [0.717, 1.165) is 0 Å². The lowest BCUT2D eigenvalue weighted by molar-refractivity contribution is -0.127. The first-order chi connectivity index (χ1) is 10.8. The zero-order valence-corrected chi connectivity index (χ0v) is 14.4. The maximum Gasteiger partial charge on any atom is 0.239 e. The van der Waals surface area contributed by atoms with Gasteiger partial charge in [-0.3, -0.25) is 9.59 Å². The van der Waals surface area contributed by atoms with Crippen LogP contribution in [0.3, 0.4) is 0 Å². The molecule has 0 fully saturated rings. The van der Waals surface area contributed by atoms with E-state index in [2.05, 4.69) is 10.6 Å². The minimum atomic E-state index is -0.618. The zero-order chi connectivity index (χ0) is 17.4. The maximum absolute atomic E-state index is 11.7. The lowest BCUT2D eigenvalue weighted by atomic mass is 10.1. The van der Waals surface area contributed by atoms with E-state index >= 15 is 0 Å². The van der Waals surface area contributed by atoms with Gasteiger partial charge in [-0.25, -0.2) is 0 Å². The third-order valence-corrected chi connectivity index (χ3v) is 3.40. The number of hydrogen-bond donors (Lipinski definition) is 3. The Balaban J connectivity index is 2.29. The summed E-state index contributed by atoms with van der Waals surface area (Å²) in [4.78, 5) is 23.4. The Morgan fingerprint density at radius 1 is 1.26 bits per heavy atom. The molecule has 1 aromatic carbocycles. The predicted octanol–water partition coefficient (Wildman–Crippen LogP) is 1.32. The van der Waals surface area contributed by atoms with Crippen molar-refractivity contribution in [2.24, 2.45) is 11.7 Å². The maximum atomic E-state index is 11.7. The van der Waals surface area contributed by atoms with Crippen LogP contribution in [0, 0.1) is 5.92 Å². The quantitative estimate of drug-likeness (QED) is 0.665. The van der Waals surface area contributed by atoms with Crippen LogP contribution in [0.25, 0.3) is 0 Å². The van der Waals surface area contributed by atoms with Gasteiger partial charge in [0.05, 0.1) is 19.1 Å². The summed E-state index contributed by atoms with van der Waals surface area (Å²) in [6, 6.07) is 6.42. The largest absolute Gasteiger partial charge is 0.489 e. The monoisotopic (exact) mass is 341 g/mol. The molecule has 0 saturated carbocycles. The highest BCUT2D eigenvalue weighted by Gasteiger charge is 2.17. The normalized spacial score (nSPS) is 13.3. The number of carbonyl (C=O) groups excluding carboxylic acids is 2. The summed E-state index contributed by atoms with van der Waals surface area (Å²) < 4.78 is 5.63. The molecular weight excluding hydrogens is 318 g/mol. The van der Waals surface area contributed by atoms with E-state index < -0.39 is 6.04 Å². The van der Waals surface area contributed by atoms with E-state index in [4.69, 9.17) is 22.1 Å². The summed E-state index contributed by atoms with van der Waals surface area (Å²) in [5, 5.41) is 5.78. The molecule has 0 aliphatic carbocycles. The first-order valence-corrected chi connectivity index (χ1v) is 7.89. The van der Waals surface area contributed by atoms with Gasteiger partial charge in [0.15, 0.2) is 0 Å². The van der Waals surface area contributed by atoms with Gasteiger partial charge in [-0.15, -0.1) is 0 Å². The van der Waals surface area contributed by atoms with Crippen molar-refractivity contribution in [3.8, 4) is 5.75 Å². The van der Waals surface area contributed by atoms with Crippen molar-refractivity contribution in [2.45, 2.75) is 32.9 Å². The molecule has 0 aliphatic heterocycles. The van der Waals surface area contributed by atoms with E-state index in [1.165, 1.54) is 0 Å². The highest BCUT2D eigenvalue weighted by molar-refractivity contribution is 6.30. The Hall–Kier alpha value is -1.79. The van der Waals surface area contributed by atoms with Crippen LogP contribution in [-0.4, -0.2) is 37.0 Å². The summed E-state index contributed by atoms with van der Waals surface area (Å²) in [5.41, 5.74) is 5.69. The number of nitrogens with two attached hydrogens (primary N) is 1. The Kier molecular flexibility index (Phi) is 7.85. The topological polar surface area (TPSA) is 93.5 Å². The minimum absolute atomic E-state index is 0.0178. The Bertz CT molecular complexity index is 537. The average molecular weight is 342 g/mol. The van der Waals surface area contributed by atoms with Gasteiger partial charge in [-0.1, -0.05) is 31.5 Å². The molecular formula is C16H24ClN3O3. The average Bonchev–Trinajstić information content (AvgIpc) is 2.49. The molecule has 0 bridgehead atoms. The van der Waals surface area contributed by atoms with Gasteiger partial charge in [0.25, 0.3) is 0 Å². The third kappa shape index (κ3) is 7.34. The van der Waals surface area contributed by atoms with Gasteiger partial charge in [-0.05, 0) is 31.0 Å². The number of benzene rings is 1. The molecule has 0 spiro atoms. The van der Waals surface area contributed by atoms with Gasteiger partial charge in [0.2, 0.25) is 11.8 Å². The van der Waals surface area contributed by atoms with Gasteiger partial charge < -0.3 is 21.1 Å². The summed E-state index contributed by atoms with van der Waals surface area (Å²) in [6.07, 6.45) is -0.231. The Morgan fingerprint density at radius 2 is 1.96 bits per heavy atom. The van der Waals surface area contributed by atoms with Gasteiger partial charge in [0, 0.05) is 5.02 Å². The number of halogens is 1. The number of carbonyl (C=O) groups is 2. The van der Waals surface area contributed by atoms with Gasteiger partial charge in [0.1, 0.15) is 11.9 Å². The van der Waals surface area contributed by atoms with E-state index in [9.17, 15) is 9.59 Å². The highest BCUT2D eigenvalue weighted by Crippen LogP contribution is 2.18. The van der Waals surface area contributed by atoms with Crippen molar-refractivity contribution in [1.29, 1.82) is 0 Å². The molecule has 2 atom stereocenters. The van der Waals surface area contributed by atoms with E-state index in [0.29, 0.717) is 17.3 Å². The molecule has 2 amide bonds. The molecule has 6 nitrogen and oxygen atoms in total. The molecule has 1 rings (SSSR count). The first kappa shape index (κ1) is 19.3. The molecule has 23 heavy (non-hydrogen) atoms. The van der Waals surface area contributed by atoms with Crippen LogP contribution in [0.2, 0.25) is 5.02 Å². The number of ether oxygens (including phenoxy) is 1. The Morgan fingerprint density at radius 3 is 2.57 bits per heavy atom. The smallest absolute Gasteiger partial charge is 0.239 e. The molecule has 1 unspecified atom stereocenters. The van der Waals surface area contributed by atoms with Crippen molar-refractivity contribution in [3.05, 3.63) is 29.3 Å². The molecule has 0 aliphatic rings. The van der Waals surface area contributed by atoms with E-state index in [-0.39, 0.29) is 30.4 Å². The molecule has 1 aromatic rings. The van der Waals surface area contributed by atoms with Crippen LogP contribution in [-0.2, 0) is 9.59 Å². The lowest BCUT2D eigenvalue weighted by Crippen LogP contribution is -2.47. The van der Waals surface area contributed by atoms with Crippen molar-refractivity contribution in [3.63, 3.8) is 0 Å². The third-order valence-electron chi connectivity index (χ3n) is 3.16. The van der Waals surface area contributed by atoms with Crippen LogP contribution in [0.4, 0.5) is 0 Å². The SMILES string of the molecule is CC(CNC(=O)CNC(=O)[C@@H](N)C(C)C)Oc1cccc(Cl)c1. The van der Waals surface area contributed by atoms with Crippen LogP contribution in [0.1, 0.15) is 20.8 Å². The molecule has 4 N–H and O–H groups in total. The van der Waals surface area contributed by atoms with Crippen LogP contribution in [0.5, 0.6) is 5.75 Å². The summed E-state index contributed by atoms with van der Waals surface area (Å²) >= 11 is 5.87. The van der Waals surface area contributed by atoms with Crippen molar-refractivity contribution in [1.82, 2.24) is 10.6 Å². The Labute approximate surface area is 141 Å². The molecule has 0 aromatic heterocycles. The lowest BCUT2D eigenvalue weighted by Gasteiger charge is -2.17. The van der Waals surface area contributed by atoms with E-state index in [1.54, 1.807) is 24.3 Å². The number of rotatable bonds is 8. The number of amides is 2. The fourth-order valence-corrected chi connectivity index (χ4v) is 1.90. The van der Waals surface area contributed by atoms with Crippen LogP contribution in [0.15, 0.2) is 24.3 Å². The van der Waals surface area contributed by atoms with Crippen LogP contribution < -0.4 is 21.1 Å². The van der Waals surface area contributed by atoms with Gasteiger partial charge in [-0.2, -0.15) is 0 Å². The first-order valence-electron chi connectivity index (χ1n) is 7.51. The number of hydrogen-bond acceptors (Lipinski definition) is 4. The summed E-state index contributed by atoms with van der Waals surface area (Å²) in [7, 11) is 0. The standard InChI is InChI=1S/C16H24ClN3O3/c1-10(2)15(18)16(22)20-9-14(21)19-8-11(3)23-13-6-4-5-12(17)7-13/h4-7,10-11,15H,8-9,18H2,1-3H3,(H,19,21)(H,20,22)/t11?,15-/m0/s1. The number of nitrogens with one attached hydrogen (secondary N) is 2. The molecule has 0 saturated heterocycles. The molecule has 128 valence electrons. The fraction of sp³-hybridized carbons (Fsp3) is 0.500. The predicted molar refractivity (Wildman–Crippen MR) is 90.4 cm³/mol. The van der Waals surface area contributed by atoms with Crippen molar-refractivity contribution >= 4 is 23.4 Å². The molecule has 7 heteroatoms. The van der Waals surface area contributed by atoms with Gasteiger partial charge >= 0.3 is 0 Å². The second-order valence-electron chi connectivity index (χ2n) is 5.68. The van der Waals surface area contributed by atoms with Crippen molar-refractivity contribution < 1.29 is 14.3 Å². The van der Waals surface area contributed by atoms with Crippen LogP contribution >= 0.6 is 11.6 Å². The summed E-state index contributed by atoms with van der Waals surface area (Å²) in [5.74, 6) is 0.0221. The molecule has 0 radical (unpaired) electrons. The van der Waals surface area contributed by atoms with E-state index in [1.807, 2.05) is 20.8 Å². The zero-order valence-electron chi connectivity index (χ0n) is 13.6. The second kappa shape index (κ2) is 9.37. The highest BCUT2D eigenvalue weighted by atomic mass is 35.5. The second-order valence-corrected chi connectivity index (χ2v) is 6.11. The van der Waals surface area contributed by atoms with Crippen molar-refractivity contribution in [2.75, 3.05) is 13.1 Å². The fourth-order valence-electron chi connectivity index (χ4n) is 1.72.